The first-order valence-electron chi connectivity index (χ1n) is 10.0. The third-order valence-electron chi connectivity index (χ3n) is 6.11. The van der Waals surface area contributed by atoms with Crippen molar-refractivity contribution in [2.75, 3.05) is 0 Å². The minimum Gasteiger partial charge on any atom is -0.480 e. The van der Waals surface area contributed by atoms with Crippen LogP contribution in [0.3, 0.4) is 0 Å². The lowest BCUT2D eigenvalue weighted by atomic mass is 9.74. The van der Waals surface area contributed by atoms with E-state index in [9.17, 15) is 19.5 Å². The molecule has 7 nitrogen and oxygen atoms in total. The lowest BCUT2D eigenvalue weighted by Gasteiger charge is -2.50. The van der Waals surface area contributed by atoms with Gasteiger partial charge in [0.15, 0.2) is 0 Å². The molecule has 2 amide bonds. The Labute approximate surface area is 165 Å². The standard InChI is InChI=1S/C21H29N3O4/c1-13(23-17(21(27)28)12-7-14-5-3-2-4-6-14)20(26)24-16-10-8-15(9-11-16)18(24)19(22)25/h2-6,13,15-18,23H,7-12H2,1H3,(H2,22,25)(H,27,28)/t13-,15?,16?,17-,18-/m0/s1. The zero-order valence-electron chi connectivity index (χ0n) is 16.2. The summed E-state index contributed by atoms with van der Waals surface area (Å²) in [5.41, 5.74) is 6.65. The molecule has 152 valence electrons. The first-order valence-corrected chi connectivity index (χ1v) is 10.0. The molecule has 3 atom stereocenters. The third-order valence-corrected chi connectivity index (χ3v) is 6.11. The van der Waals surface area contributed by atoms with Gasteiger partial charge in [-0.15, -0.1) is 0 Å². The Hall–Kier alpha value is -2.41. The minimum atomic E-state index is -0.984. The van der Waals surface area contributed by atoms with Gasteiger partial charge in [-0.2, -0.15) is 0 Å². The van der Waals surface area contributed by atoms with Crippen LogP contribution in [-0.2, 0) is 20.8 Å². The molecule has 4 rings (SSSR count). The van der Waals surface area contributed by atoms with Gasteiger partial charge in [0.05, 0.1) is 6.04 Å². The van der Waals surface area contributed by atoms with E-state index in [2.05, 4.69) is 5.32 Å². The van der Waals surface area contributed by atoms with Crippen LogP contribution < -0.4 is 11.1 Å². The largest absolute Gasteiger partial charge is 0.480 e. The summed E-state index contributed by atoms with van der Waals surface area (Å²) in [7, 11) is 0. The molecule has 0 aromatic heterocycles. The van der Waals surface area contributed by atoms with Crippen molar-refractivity contribution in [1.29, 1.82) is 0 Å². The molecule has 2 heterocycles. The average molecular weight is 387 g/mol. The van der Waals surface area contributed by atoms with E-state index in [1.807, 2.05) is 30.3 Å². The fourth-order valence-corrected chi connectivity index (χ4v) is 4.67. The normalized spacial score (nSPS) is 25.9. The van der Waals surface area contributed by atoms with Gasteiger partial charge in [0.1, 0.15) is 12.1 Å². The summed E-state index contributed by atoms with van der Waals surface area (Å²) < 4.78 is 0. The van der Waals surface area contributed by atoms with Crippen LogP contribution in [0.25, 0.3) is 0 Å². The van der Waals surface area contributed by atoms with Crippen LogP contribution in [0.5, 0.6) is 0 Å². The van der Waals surface area contributed by atoms with Crippen LogP contribution in [0, 0.1) is 5.92 Å². The summed E-state index contributed by atoms with van der Waals surface area (Å²) in [6, 6.07) is 7.57. The maximum Gasteiger partial charge on any atom is 0.320 e. The fraction of sp³-hybridized carbons (Fsp3) is 0.571. The molecule has 1 aromatic rings. The van der Waals surface area contributed by atoms with E-state index < -0.39 is 30.0 Å². The quantitative estimate of drug-likeness (QED) is 0.622. The molecular weight excluding hydrogens is 358 g/mol. The Kier molecular flexibility index (Phi) is 6.34. The monoisotopic (exact) mass is 387 g/mol. The maximum absolute atomic E-state index is 13.1. The predicted molar refractivity (Wildman–Crippen MR) is 104 cm³/mol. The molecule has 0 unspecified atom stereocenters. The number of carboxylic acids is 1. The van der Waals surface area contributed by atoms with Gasteiger partial charge in [0, 0.05) is 6.04 Å². The smallest absolute Gasteiger partial charge is 0.320 e. The molecule has 2 saturated heterocycles. The van der Waals surface area contributed by atoms with Crippen LogP contribution >= 0.6 is 0 Å². The number of fused-ring (bicyclic) bond motifs is 3. The van der Waals surface area contributed by atoms with Gasteiger partial charge in [-0.25, -0.2) is 0 Å². The van der Waals surface area contributed by atoms with E-state index in [-0.39, 0.29) is 17.9 Å². The molecule has 2 aliphatic heterocycles. The van der Waals surface area contributed by atoms with Crippen molar-refractivity contribution in [2.45, 2.75) is 69.6 Å². The number of nitrogens with one attached hydrogen (secondary N) is 1. The lowest BCUT2D eigenvalue weighted by molar-refractivity contribution is -0.154. The number of carboxylic acid groups (broad SMARTS) is 1. The van der Waals surface area contributed by atoms with Crippen molar-refractivity contribution in [3.05, 3.63) is 35.9 Å². The van der Waals surface area contributed by atoms with E-state index in [0.717, 1.165) is 31.2 Å². The summed E-state index contributed by atoms with van der Waals surface area (Å²) in [6.45, 7) is 1.67. The molecule has 3 fully saturated rings. The highest BCUT2D eigenvalue weighted by Crippen LogP contribution is 2.39. The molecule has 1 aliphatic carbocycles. The van der Waals surface area contributed by atoms with Crippen molar-refractivity contribution in [3.63, 3.8) is 0 Å². The second kappa shape index (κ2) is 8.73. The number of primary amides is 1. The first kappa shape index (κ1) is 20.3. The molecule has 3 aliphatic rings. The van der Waals surface area contributed by atoms with Gasteiger partial charge in [0.2, 0.25) is 11.8 Å². The number of nitrogens with two attached hydrogens (primary N) is 1. The Morgan fingerprint density at radius 1 is 1.18 bits per heavy atom. The van der Waals surface area contributed by atoms with Gasteiger partial charge in [-0.05, 0) is 56.9 Å². The predicted octanol–water partition coefficient (Wildman–Crippen LogP) is 1.31. The minimum absolute atomic E-state index is 0.0202. The van der Waals surface area contributed by atoms with E-state index in [4.69, 9.17) is 5.73 Å². The molecular formula is C21H29N3O4. The molecule has 7 heteroatoms. The highest BCUT2D eigenvalue weighted by molar-refractivity contribution is 5.90. The number of amides is 2. The van der Waals surface area contributed by atoms with Gasteiger partial charge in [-0.1, -0.05) is 30.3 Å². The number of nitrogens with zero attached hydrogens (tertiary/aromatic N) is 1. The number of piperidine rings is 2. The summed E-state index contributed by atoms with van der Waals surface area (Å²) in [4.78, 5) is 38.4. The Balaban J connectivity index is 1.65. The molecule has 28 heavy (non-hydrogen) atoms. The van der Waals surface area contributed by atoms with E-state index in [1.165, 1.54) is 0 Å². The second-order valence-electron chi connectivity index (χ2n) is 7.96. The third kappa shape index (κ3) is 4.35. The number of benzene rings is 1. The van der Waals surface area contributed by atoms with Crippen molar-refractivity contribution >= 4 is 17.8 Å². The van der Waals surface area contributed by atoms with Crippen molar-refractivity contribution in [3.8, 4) is 0 Å². The van der Waals surface area contributed by atoms with E-state index >= 15 is 0 Å². The molecule has 0 radical (unpaired) electrons. The second-order valence-corrected chi connectivity index (χ2v) is 7.96. The Bertz CT molecular complexity index is 716. The van der Waals surface area contributed by atoms with Crippen molar-refractivity contribution < 1.29 is 19.5 Å². The van der Waals surface area contributed by atoms with Crippen molar-refractivity contribution in [1.82, 2.24) is 10.2 Å². The average Bonchev–Trinajstić information content (AvgIpc) is 2.70. The summed E-state index contributed by atoms with van der Waals surface area (Å²) in [6.07, 6.45) is 4.57. The molecule has 1 saturated carbocycles. The summed E-state index contributed by atoms with van der Waals surface area (Å²) >= 11 is 0. The van der Waals surface area contributed by atoms with Gasteiger partial charge < -0.3 is 15.7 Å². The number of carbonyl (C=O) groups is 3. The van der Waals surface area contributed by atoms with Gasteiger partial charge >= 0.3 is 5.97 Å². The summed E-state index contributed by atoms with van der Waals surface area (Å²) in [5.74, 6) is -1.56. The molecule has 4 N–H and O–H groups in total. The molecule has 1 aromatic carbocycles. The maximum atomic E-state index is 13.1. The van der Waals surface area contributed by atoms with Crippen LogP contribution in [0.1, 0.15) is 44.6 Å². The van der Waals surface area contributed by atoms with E-state index in [1.54, 1.807) is 11.8 Å². The van der Waals surface area contributed by atoms with Gasteiger partial charge in [-0.3, -0.25) is 19.7 Å². The van der Waals surface area contributed by atoms with Crippen LogP contribution in [0.15, 0.2) is 30.3 Å². The number of rotatable bonds is 8. The SMILES string of the molecule is C[C@H](N[C@@H](CCc1ccccc1)C(=O)O)C(=O)N1C2CCC(CC2)[C@H]1C(N)=O. The van der Waals surface area contributed by atoms with Crippen LogP contribution in [0.2, 0.25) is 0 Å². The molecule has 0 spiro atoms. The first-order chi connectivity index (χ1) is 13.4. The fourth-order valence-electron chi connectivity index (χ4n) is 4.67. The zero-order chi connectivity index (χ0) is 20.3. The van der Waals surface area contributed by atoms with E-state index in [0.29, 0.717) is 12.8 Å². The highest BCUT2D eigenvalue weighted by atomic mass is 16.4. The summed E-state index contributed by atoms with van der Waals surface area (Å²) in [5, 5.41) is 12.5. The van der Waals surface area contributed by atoms with Gasteiger partial charge in [0.25, 0.3) is 0 Å². The zero-order valence-corrected chi connectivity index (χ0v) is 16.2. The number of aliphatic carboxylic acids is 1. The number of hydrogen-bond acceptors (Lipinski definition) is 4. The van der Waals surface area contributed by atoms with Crippen molar-refractivity contribution in [2.24, 2.45) is 11.7 Å². The molecule has 2 bridgehead atoms. The topological polar surface area (TPSA) is 113 Å². The number of carbonyl (C=O) groups excluding carboxylic acids is 2. The highest BCUT2D eigenvalue weighted by Gasteiger charge is 2.47. The van der Waals surface area contributed by atoms with Crippen LogP contribution in [0.4, 0.5) is 0 Å². The number of aryl methyl sites for hydroxylation is 1. The van der Waals surface area contributed by atoms with Crippen LogP contribution in [-0.4, -0.2) is 52.0 Å². The lowest BCUT2D eigenvalue weighted by Crippen LogP contribution is -2.65. The Morgan fingerprint density at radius 3 is 2.39 bits per heavy atom. The Morgan fingerprint density at radius 2 is 1.82 bits per heavy atom. The number of hydrogen-bond donors (Lipinski definition) is 3.